The van der Waals surface area contributed by atoms with Gasteiger partial charge in [0.1, 0.15) is 0 Å². The first-order valence-electron chi connectivity index (χ1n) is 8.27. The van der Waals surface area contributed by atoms with Crippen molar-refractivity contribution in [3.05, 3.63) is 71.3 Å². The van der Waals surface area contributed by atoms with Crippen LogP contribution >= 0.6 is 0 Å². The summed E-state index contributed by atoms with van der Waals surface area (Å²) in [5.74, 6) is -1.02. The van der Waals surface area contributed by atoms with Crippen LogP contribution in [0.1, 0.15) is 26.3 Å². The molecule has 0 aliphatic carbocycles. The molecule has 0 saturated carbocycles. The normalized spacial score (nSPS) is 10.0. The fourth-order valence-corrected chi connectivity index (χ4v) is 2.21. The van der Waals surface area contributed by atoms with Crippen LogP contribution in [0.2, 0.25) is 0 Å². The van der Waals surface area contributed by atoms with Crippen molar-refractivity contribution in [3.8, 4) is 0 Å². The minimum Gasteiger partial charge on any atom is -0.351 e. The monoisotopic (exact) mass is 354 g/mol. The van der Waals surface area contributed by atoms with Gasteiger partial charge in [-0.2, -0.15) is 0 Å². The number of amides is 3. The molecule has 0 atom stereocenters. The Bertz CT molecular complexity index is 762. The molecule has 7 nitrogen and oxygen atoms in total. The van der Waals surface area contributed by atoms with Crippen LogP contribution in [-0.2, 0) is 11.3 Å². The molecule has 0 fully saturated rings. The first-order valence-corrected chi connectivity index (χ1v) is 8.27. The summed E-state index contributed by atoms with van der Waals surface area (Å²) in [7, 11) is 0. The minimum absolute atomic E-state index is 0.144. The molecule has 0 aromatic heterocycles. The summed E-state index contributed by atoms with van der Waals surface area (Å²) in [6, 6.07) is 15.8. The fraction of sp³-hybridized carbons (Fsp3) is 0.211. The Kier molecular flexibility index (Phi) is 7.32. The summed E-state index contributed by atoms with van der Waals surface area (Å²) in [5.41, 5.74) is 6.99. The maximum Gasteiger partial charge on any atom is 0.251 e. The van der Waals surface area contributed by atoms with Crippen molar-refractivity contribution in [1.29, 1.82) is 0 Å². The van der Waals surface area contributed by atoms with E-state index in [2.05, 4.69) is 16.0 Å². The van der Waals surface area contributed by atoms with E-state index in [-0.39, 0.29) is 18.4 Å². The number of hydrogen-bond acceptors (Lipinski definition) is 4. The zero-order valence-corrected chi connectivity index (χ0v) is 14.3. The predicted molar refractivity (Wildman–Crippen MR) is 98.5 cm³/mol. The zero-order valence-electron chi connectivity index (χ0n) is 14.3. The van der Waals surface area contributed by atoms with Gasteiger partial charge in [-0.15, -0.1) is 0 Å². The van der Waals surface area contributed by atoms with Gasteiger partial charge in [0.25, 0.3) is 11.8 Å². The summed E-state index contributed by atoms with van der Waals surface area (Å²) >= 11 is 0. The Labute approximate surface area is 152 Å². The maximum atomic E-state index is 12.2. The predicted octanol–water partition coefficient (Wildman–Crippen LogP) is 0.421. The smallest absolute Gasteiger partial charge is 0.251 e. The van der Waals surface area contributed by atoms with Crippen LogP contribution in [0, 0.1) is 0 Å². The summed E-state index contributed by atoms with van der Waals surface area (Å²) in [6.45, 7) is 0.947. The minimum atomic E-state index is -0.423. The second kappa shape index (κ2) is 9.95. The number of nitrogens with one attached hydrogen (secondary N) is 3. The molecular formula is C19H22N4O3. The lowest BCUT2D eigenvalue weighted by atomic mass is 10.1. The van der Waals surface area contributed by atoms with Crippen molar-refractivity contribution in [3.63, 3.8) is 0 Å². The molecular weight excluding hydrogens is 332 g/mol. The molecule has 2 aromatic carbocycles. The van der Waals surface area contributed by atoms with Crippen LogP contribution in [0.25, 0.3) is 0 Å². The molecule has 7 heteroatoms. The van der Waals surface area contributed by atoms with E-state index in [0.717, 1.165) is 5.56 Å². The topological polar surface area (TPSA) is 113 Å². The largest absolute Gasteiger partial charge is 0.351 e. The number of carbonyl (C=O) groups is 3. The van der Waals surface area contributed by atoms with Gasteiger partial charge in [-0.05, 0) is 23.8 Å². The Morgan fingerprint density at radius 2 is 1.46 bits per heavy atom. The van der Waals surface area contributed by atoms with Crippen LogP contribution in [0.5, 0.6) is 0 Å². The summed E-state index contributed by atoms with van der Waals surface area (Å²) in [4.78, 5) is 35.9. The molecule has 0 unspecified atom stereocenters. The zero-order chi connectivity index (χ0) is 18.8. The summed E-state index contributed by atoms with van der Waals surface area (Å²) in [6.07, 6.45) is 0. The maximum absolute atomic E-state index is 12.2. The SMILES string of the molecule is NCCNC(=O)c1cccc(C(=O)NCC(=O)NCc2ccccc2)c1. The van der Waals surface area contributed by atoms with Crippen LogP contribution in [0.3, 0.4) is 0 Å². The van der Waals surface area contributed by atoms with Crippen molar-refractivity contribution in [2.45, 2.75) is 6.54 Å². The molecule has 5 N–H and O–H groups in total. The quantitative estimate of drug-likeness (QED) is 0.550. The lowest BCUT2D eigenvalue weighted by Gasteiger charge is -2.08. The van der Waals surface area contributed by atoms with Crippen LogP contribution in [0.15, 0.2) is 54.6 Å². The van der Waals surface area contributed by atoms with Crippen LogP contribution in [-0.4, -0.2) is 37.4 Å². The van der Waals surface area contributed by atoms with Gasteiger partial charge in [0.15, 0.2) is 0 Å². The Morgan fingerprint density at radius 3 is 2.12 bits per heavy atom. The van der Waals surface area contributed by atoms with E-state index in [1.54, 1.807) is 18.2 Å². The van der Waals surface area contributed by atoms with E-state index >= 15 is 0 Å². The number of hydrogen-bond donors (Lipinski definition) is 4. The Morgan fingerprint density at radius 1 is 0.808 bits per heavy atom. The molecule has 2 rings (SSSR count). The molecule has 0 heterocycles. The number of benzene rings is 2. The van der Waals surface area contributed by atoms with Crippen molar-refractivity contribution in [2.75, 3.05) is 19.6 Å². The third kappa shape index (κ3) is 6.03. The Hall–Kier alpha value is -3.19. The van der Waals surface area contributed by atoms with Gasteiger partial charge < -0.3 is 21.7 Å². The Balaban J connectivity index is 1.83. The second-order valence-electron chi connectivity index (χ2n) is 5.57. The highest BCUT2D eigenvalue weighted by molar-refractivity contribution is 6.00. The van der Waals surface area contributed by atoms with Crippen molar-refractivity contribution in [2.24, 2.45) is 5.73 Å². The fourth-order valence-electron chi connectivity index (χ4n) is 2.21. The van der Waals surface area contributed by atoms with E-state index in [1.807, 2.05) is 30.3 Å². The highest BCUT2D eigenvalue weighted by Crippen LogP contribution is 2.05. The molecule has 136 valence electrons. The van der Waals surface area contributed by atoms with Gasteiger partial charge in [0.2, 0.25) is 5.91 Å². The third-order valence-corrected chi connectivity index (χ3v) is 3.56. The molecule has 0 spiro atoms. The molecule has 0 saturated heterocycles. The van der Waals surface area contributed by atoms with Crippen LogP contribution in [0.4, 0.5) is 0 Å². The van der Waals surface area contributed by atoms with Crippen LogP contribution < -0.4 is 21.7 Å². The van der Waals surface area contributed by atoms with E-state index in [9.17, 15) is 14.4 Å². The van der Waals surface area contributed by atoms with Gasteiger partial charge in [0.05, 0.1) is 6.54 Å². The number of carbonyl (C=O) groups excluding carboxylic acids is 3. The van der Waals surface area contributed by atoms with E-state index in [0.29, 0.717) is 30.8 Å². The first kappa shape index (κ1) is 19.1. The van der Waals surface area contributed by atoms with Crippen molar-refractivity contribution >= 4 is 17.7 Å². The van der Waals surface area contributed by atoms with Crippen molar-refractivity contribution in [1.82, 2.24) is 16.0 Å². The molecule has 0 aliphatic heterocycles. The van der Waals surface area contributed by atoms with E-state index in [1.165, 1.54) is 6.07 Å². The molecule has 2 aromatic rings. The second-order valence-corrected chi connectivity index (χ2v) is 5.57. The third-order valence-electron chi connectivity index (χ3n) is 3.56. The average molecular weight is 354 g/mol. The summed E-state index contributed by atoms with van der Waals surface area (Å²) < 4.78 is 0. The highest BCUT2D eigenvalue weighted by Gasteiger charge is 2.11. The molecule has 0 aliphatic rings. The number of nitrogens with two attached hydrogens (primary N) is 1. The standard InChI is InChI=1S/C19H22N4O3/c20-9-10-21-18(25)15-7-4-8-16(11-15)19(26)23-13-17(24)22-12-14-5-2-1-3-6-14/h1-8,11H,9-10,12-13,20H2,(H,21,25)(H,22,24)(H,23,26). The van der Waals surface area contributed by atoms with Gasteiger partial charge in [-0.1, -0.05) is 36.4 Å². The van der Waals surface area contributed by atoms with Gasteiger partial charge in [-0.3, -0.25) is 14.4 Å². The lowest BCUT2D eigenvalue weighted by Crippen LogP contribution is -2.36. The van der Waals surface area contributed by atoms with E-state index < -0.39 is 5.91 Å². The van der Waals surface area contributed by atoms with Crippen molar-refractivity contribution < 1.29 is 14.4 Å². The van der Waals surface area contributed by atoms with Gasteiger partial charge >= 0.3 is 0 Å². The van der Waals surface area contributed by atoms with Gasteiger partial charge in [-0.25, -0.2) is 0 Å². The molecule has 3 amide bonds. The first-order chi connectivity index (χ1) is 12.6. The lowest BCUT2D eigenvalue weighted by molar-refractivity contribution is -0.120. The molecule has 26 heavy (non-hydrogen) atoms. The van der Waals surface area contributed by atoms with E-state index in [4.69, 9.17) is 5.73 Å². The number of rotatable bonds is 8. The average Bonchev–Trinajstić information content (AvgIpc) is 2.69. The highest BCUT2D eigenvalue weighted by atomic mass is 16.2. The van der Waals surface area contributed by atoms with Gasteiger partial charge in [0, 0.05) is 30.8 Å². The molecule has 0 bridgehead atoms. The molecule has 0 radical (unpaired) electrons. The summed E-state index contributed by atoms with van der Waals surface area (Å²) in [5, 5.41) is 7.91.